The normalized spacial score (nSPS) is 10.3. The Kier molecular flexibility index (Phi) is 6.12. The maximum Gasteiger partial charge on any atom is 0.234 e. The second-order valence-corrected chi connectivity index (χ2v) is 7.58. The number of halogens is 1. The van der Waals surface area contributed by atoms with E-state index in [0.717, 1.165) is 5.76 Å². The highest BCUT2D eigenvalue weighted by Gasteiger charge is 2.11. The van der Waals surface area contributed by atoms with E-state index in [-0.39, 0.29) is 11.7 Å². The molecule has 7 nitrogen and oxygen atoms in total. The van der Waals surface area contributed by atoms with Crippen LogP contribution in [0.25, 0.3) is 0 Å². The molecule has 2 heterocycles. The molecule has 26 heavy (non-hydrogen) atoms. The first-order valence-corrected chi connectivity index (χ1v) is 9.54. The Balaban J connectivity index is 1.50. The number of nitrogens with one attached hydrogen (secondary N) is 2. The molecule has 0 bridgehead atoms. The Hall–Kier alpha value is -2.54. The summed E-state index contributed by atoms with van der Waals surface area (Å²) in [6, 6.07) is 10.4. The second-order valence-electron chi connectivity index (χ2n) is 4.94. The van der Waals surface area contributed by atoms with E-state index in [4.69, 9.17) is 21.3 Å². The molecule has 0 aliphatic rings. The lowest BCUT2D eigenvalue weighted by Gasteiger charge is -2.06. The van der Waals surface area contributed by atoms with Gasteiger partial charge in [0.2, 0.25) is 11.0 Å². The zero-order chi connectivity index (χ0) is 18.4. The molecular formula is C16H12ClN5O2S2. The summed E-state index contributed by atoms with van der Waals surface area (Å²) >= 11 is 8.51. The Morgan fingerprint density at radius 1 is 1.38 bits per heavy atom. The van der Waals surface area contributed by atoms with Gasteiger partial charge in [0.1, 0.15) is 11.8 Å². The molecule has 0 aliphatic heterocycles. The van der Waals surface area contributed by atoms with E-state index in [1.807, 2.05) is 18.2 Å². The average molecular weight is 406 g/mol. The molecule has 1 aromatic carbocycles. The molecule has 3 rings (SSSR count). The lowest BCUT2D eigenvalue weighted by molar-refractivity contribution is -0.113. The molecule has 0 saturated carbocycles. The number of rotatable bonds is 7. The number of carbonyl (C=O) groups is 1. The smallest absolute Gasteiger partial charge is 0.234 e. The number of carbonyl (C=O) groups excluding carboxylic acids is 1. The zero-order valence-corrected chi connectivity index (χ0v) is 15.6. The van der Waals surface area contributed by atoms with Gasteiger partial charge in [0.25, 0.3) is 0 Å². The van der Waals surface area contributed by atoms with Crippen LogP contribution >= 0.6 is 34.7 Å². The van der Waals surface area contributed by atoms with Crippen molar-refractivity contribution in [2.75, 3.05) is 16.4 Å². The van der Waals surface area contributed by atoms with Crippen LogP contribution in [0, 0.1) is 11.3 Å². The highest BCUT2D eigenvalue weighted by molar-refractivity contribution is 8.01. The van der Waals surface area contributed by atoms with Gasteiger partial charge >= 0.3 is 0 Å². The number of nitriles is 1. The number of nitrogens with zero attached hydrogens (tertiary/aromatic N) is 3. The summed E-state index contributed by atoms with van der Waals surface area (Å²) in [5.74, 6) is 0.683. The van der Waals surface area contributed by atoms with Crippen molar-refractivity contribution in [3.05, 3.63) is 52.9 Å². The van der Waals surface area contributed by atoms with E-state index >= 15 is 0 Å². The minimum absolute atomic E-state index is 0.143. The maximum absolute atomic E-state index is 12.1. The summed E-state index contributed by atoms with van der Waals surface area (Å²) in [5, 5.41) is 24.0. The van der Waals surface area contributed by atoms with Crippen molar-refractivity contribution in [1.82, 2.24) is 10.2 Å². The standard InChI is InChI=1S/C16H12ClN5O2S2/c17-11-4-3-10(7-18)13(6-11)20-14(23)9-25-16-22-21-15(26-16)19-8-12-2-1-5-24-12/h1-6H,8-9H2,(H,19,21)(H,20,23). The van der Waals surface area contributed by atoms with Gasteiger partial charge in [-0.15, -0.1) is 10.2 Å². The van der Waals surface area contributed by atoms with Gasteiger partial charge in [-0.1, -0.05) is 34.7 Å². The van der Waals surface area contributed by atoms with E-state index in [1.165, 1.54) is 23.1 Å². The molecule has 0 radical (unpaired) electrons. The number of thioether (sulfide) groups is 1. The fourth-order valence-electron chi connectivity index (χ4n) is 1.95. The van der Waals surface area contributed by atoms with Crippen LogP contribution in [0.5, 0.6) is 0 Å². The summed E-state index contributed by atoms with van der Waals surface area (Å²) in [6.45, 7) is 0.512. The molecule has 0 saturated heterocycles. The van der Waals surface area contributed by atoms with Crippen LogP contribution in [0.3, 0.4) is 0 Å². The SMILES string of the molecule is N#Cc1ccc(Cl)cc1NC(=O)CSc1nnc(NCc2ccco2)s1. The molecule has 2 N–H and O–H groups in total. The minimum Gasteiger partial charge on any atom is -0.467 e. The number of hydrogen-bond acceptors (Lipinski definition) is 8. The van der Waals surface area contributed by atoms with Gasteiger partial charge < -0.3 is 15.1 Å². The van der Waals surface area contributed by atoms with E-state index < -0.39 is 0 Å². The van der Waals surface area contributed by atoms with Gasteiger partial charge in [-0.05, 0) is 30.3 Å². The average Bonchev–Trinajstić information content (AvgIpc) is 3.30. The number of benzene rings is 1. The first-order chi connectivity index (χ1) is 12.6. The number of anilines is 2. The highest BCUT2D eigenvalue weighted by atomic mass is 35.5. The lowest BCUT2D eigenvalue weighted by Crippen LogP contribution is -2.14. The second kappa shape index (κ2) is 8.71. The third-order valence-corrected chi connectivity index (χ3v) is 5.35. The fourth-order valence-corrected chi connectivity index (χ4v) is 3.67. The third-order valence-electron chi connectivity index (χ3n) is 3.10. The van der Waals surface area contributed by atoms with Gasteiger partial charge in [0.05, 0.1) is 29.8 Å². The topological polar surface area (TPSA) is 104 Å². The molecule has 0 unspecified atom stereocenters. The predicted octanol–water partition coefficient (Wildman–Crippen LogP) is 4.00. The maximum atomic E-state index is 12.1. The van der Waals surface area contributed by atoms with Crippen molar-refractivity contribution in [3.63, 3.8) is 0 Å². The number of hydrogen-bond donors (Lipinski definition) is 2. The van der Waals surface area contributed by atoms with Crippen molar-refractivity contribution >= 4 is 51.4 Å². The summed E-state index contributed by atoms with van der Waals surface area (Å²) in [6.07, 6.45) is 1.61. The Labute approximate surface area is 162 Å². The van der Waals surface area contributed by atoms with E-state index in [9.17, 15) is 4.79 Å². The molecule has 0 spiro atoms. The zero-order valence-electron chi connectivity index (χ0n) is 13.2. The summed E-state index contributed by atoms with van der Waals surface area (Å²) in [5.41, 5.74) is 0.747. The number of aromatic nitrogens is 2. The van der Waals surface area contributed by atoms with Gasteiger partial charge in [-0.3, -0.25) is 4.79 Å². The first-order valence-electron chi connectivity index (χ1n) is 7.36. The molecule has 0 fully saturated rings. The van der Waals surface area contributed by atoms with Crippen molar-refractivity contribution in [2.45, 2.75) is 10.9 Å². The third kappa shape index (κ3) is 4.98. The van der Waals surface area contributed by atoms with Gasteiger partial charge in [-0.25, -0.2) is 0 Å². The molecular weight excluding hydrogens is 394 g/mol. The lowest BCUT2D eigenvalue weighted by atomic mass is 10.2. The van der Waals surface area contributed by atoms with Crippen molar-refractivity contribution in [3.8, 4) is 6.07 Å². The quantitative estimate of drug-likeness (QED) is 0.572. The Bertz CT molecular complexity index is 937. The Morgan fingerprint density at radius 3 is 3.04 bits per heavy atom. The number of furan rings is 1. The molecule has 0 atom stereocenters. The van der Waals surface area contributed by atoms with Crippen LogP contribution in [0.1, 0.15) is 11.3 Å². The van der Waals surface area contributed by atoms with Crippen LogP contribution in [-0.2, 0) is 11.3 Å². The Morgan fingerprint density at radius 2 is 2.27 bits per heavy atom. The van der Waals surface area contributed by atoms with Crippen LogP contribution in [0.15, 0.2) is 45.4 Å². The number of amides is 1. The van der Waals surface area contributed by atoms with Gasteiger partial charge in [0, 0.05) is 5.02 Å². The largest absolute Gasteiger partial charge is 0.467 e. The first kappa shape index (κ1) is 18.3. The predicted molar refractivity (Wildman–Crippen MR) is 101 cm³/mol. The molecule has 132 valence electrons. The minimum atomic E-state index is -0.255. The fraction of sp³-hybridized carbons (Fsp3) is 0.125. The molecule has 10 heteroatoms. The van der Waals surface area contributed by atoms with E-state index in [0.29, 0.717) is 32.3 Å². The van der Waals surface area contributed by atoms with E-state index in [2.05, 4.69) is 20.8 Å². The highest BCUT2D eigenvalue weighted by Crippen LogP contribution is 2.26. The summed E-state index contributed by atoms with van der Waals surface area (Å²) in [4.78, 5) is 12.1. The summed E-state index contributed by atoms with van der Waals surface area (Å²) in [7, 11) is 0. The molecule has 0 aliphatic carbocycles. The van der Waals surface area contributed by atoms with Gasteiger partial charge in [0.15, 0.2) is 4.34 Å². The van der Waals surface area contributed by atoms with Gasteiger partial charge in [-0.2, -0.15) is 5.26 Å². The molecule has 2 aromatic heterocycles. The van der Waals surface area contributed by atoms with Crippen molar-refractivity contribution < 1.29 is 9.21 Å². The molecule has 1 amide bonds. The monoisotopic (exact) mass is 405 g/mol. The van der Waals surface area contributed by atoms with Crippen LogP contribution in [0.2, 0.25) is 5.02 Å². The van der Waals surface area contributed by atoms with Crippen molar-refractivity contribution in [2.24, 2.45) is 0 Å². The van der Waals surface area contributed by atoms with Crippen molar-refractivity contribution in [1.29, 1.82) is 5.26 Å². The summed E-state index contributed by atoms with van der Waals surface area (Å²) < 4.78 is 5.89. The molecule has 3 aromatic rings. The van der Waals surface area contributed by atoms with Crippen LogP contribution in [0.4, 0.5) is 10.8 Å². The van der Waals surface area contributed by atoms with Crippen LogP contribution < -0.4 is 10.6 Å². The van der Waals surface area contributed by atoms with E-state index in [1.54, 1.807) is 24.5 Å². The van der Waals surface area contributed by atoms with Crippen LogP contribution in [-0.4, -0.2) is 21.9 Å².